The fraction of sp³-hybridized carbons (Fsp3) is 0.333. The fourth-order valence-corrected chi connectivity index (χ4v) is 2.64. The zero-order chi connectivity index (χ0) is 15.5. The van der Waals surface area contributed by atoms with Gasteiger partial charge in [-0.05, 0) is 12.1 Å². The molecule has 110 valence electrons. The summed E-state index contributed by atoms with van der Waals surface area (Å²) in [4.78, 5) is 13.2. The van der Waals surface area contributed by atoms with Crippen molar-refractivity contribution in [3.63, 3.8) is 0 Å². The van der Waals surface area contributed by atoms with Crippen LogP contribution in [0.25, 0.3) is 0 Å². The highest BCUT2D eigenvalue weighted by molar-refractivity contribution is 7.89. The van der Waals surface area contributed by atoms with Crippen molar-refractivity contribution < 1.29 is 13.2 Å². The van der Waals surface area contributed by atoms with Gasteiger partial charge in [-0.2, -0.15) is 4.31 Å². The van der Waals surface area contributed by atoms with Gasteiger partial charge in [0.2, 0.25) is 15.9 Å². The monoisotopic (exact) mass is 315 g/mol. The maximum atomic E-state index is 12.3. The molecule has 6 nitrogen and oxygen atoms in total. The molecule has 0 bridgehead atoms. The highest BCUT2D eigenvalue weighted by atomic mass is 32.2. The molecule has 0 aliphatic carbocycles. The van der Waals surface area contributed by atoms with E-state index in [9.17, 15) is 13.2 Å². The van der Waals surface area contributed by atoms with Gasteiger partial charge in [-0.25, -0.2) is 8.42 Å². The van der Waals surface area contributed by atoms with Gasteiger partial charge in [0, 0.05) is 26.7 Å². The number of benzene rings is 1. The fourth-order valence-electron chi connectivity index (χ4n) is 1.39. The first kappa shape index (κ1) is 16.5. The topological polar surface area (TPSA) is 83.7 Å². The minimum absolute atomic E-state index is 0.0894. The van der Waals surface area contributed by atoms with Crippen LogP contribution in [0, 0.1) is 0 Å². The molecule has 1 rings (SSSR count). The molecule has 0 spiro atoms. The number of carbonyl (C=O) groups is 1. The van der Waals surface area contributed by atoms with Gasteiger partial charge >= 0.3 is 0 Å². The van der Waals surface area contributed by atoms with Crippen LogP contribution >= 0.6 is 12.2 Å². The number of hydrogen-bond donors (Lipinski definition) is 1. The third-order valence-electron chi connectivity index (χ3n) is 2.70. The van der Waals surface area contributed by atoms with Crippen molar-refractivity contribution in [1.82, 2.24) is 9.21 Å². The highest BCUT2D eigenvalue weighted by Gasteiger charge is 2.23. The third kappa shape index (κ3) is 3.75. The summed E-state index contributed by atoms with van der Waals surface area (Å²) in [6.07, 6.45) is 0. The average molecular weight is 315 g/mol. The van der Waals surface area contributed by atoms with Crippen molar-refractivity contribution in [3.05, 3.63) is 29.8 Å². The number of amides is 1. The van der Waals surface area contributed by atoms with Gasteiger partial charge in [-0.1, -0.05) is 24.4 Å². The normalized spacial score (nSPS) is 11.4. The lowest BCUT2D eigenvalue weighted by molar-refractivity contribution is -0.128. The molecule has 0 saturated carbocycles. The van der Waals surface area contributed by atoms with Crippen LogP contribution in [0.15, 0.2) is 29.2 Å². The van der Waals surface area contributed by atoms with E-state index in [-0.39, 0.29) is 22.3 Å². The van der Waals surface area contributed by atoms with Gasteiger partial charge in [0.15, 0.2) is 0 Å². The second kappa shape index (κ2) is 6.29. The zero-order valence-corrected chi connectivity index (χ0v) is 13.2. The molecule has 0 saturated heterocycles. The van der Waals surface area contributed by atoms with Crippen LogP contribution in [-0.2, 0) is 14.8 Å². The van der Waals surface area contributed by atoms with Crippen molar-refractivity contribution >= 4 is 33.1 Å². The first-order valence-electron chi connectivity index (χ1n) is 5.72. The Labute approximate surface area is 124 Å². The van der Waals surface area contributed by atoms with Gasteiger partial charge in [0.05, 0.1) is 11.4 Å². The van der Waals surface area contributed by atoms with E-state index in [1.165, 1.54) is 36.2 Å². The van der Waals surface area contributed by atoms with Crippen LogP contribution < -0.4 is 5.73 Å². The van der Waals surface area contributed by atoms with Crippen LogP contribution in [0.3, 0.4) is 0 Å². The van der Waals surface area contributed by atoms with E-state index >= 15 is 0 Å². The summed E-state index contributed by atoms with van der Waals surface area (Å²) < 4.78 is 25.5. The molecule has 1 aromatic carbocycles. The summed E-state index contributed by atoms with van der Waals surface area (Å²) >= 11 is 4.80. The van der Waals surface area contributed by atoms with Crippen LogP contribution in [0.1, 0.15) is 5.56 Å². The summed E-state index contributed by atoms with van der Waals surface area (Å²) in [5.74, 6) is -0.296. The number of sulfonamides is 1. The summed E-state index contributed by atoms with van der Waals surface area (Å²) in [5, 5.41) is 0. The maximum Gasteiger partial charge on any atom is 0.243 e. The molecule has 0 heterocycles. The quantitative estimate of drug-likeness (QED) is 0.775. The van der Waals surface area contributed by atoms with E-state index in [0.29, 0.717) is 5.56 Å². The van der Waals surface area contributed by atoms with Crippen molar-refractivity contribution in [3.8, 4) is 0 Å². The number of thiocarbonyl (C=S) groups is 1. The van der Waals surface area contributed by atoms with Crippen LogP contribution in [0.2, 0.25) is 0 Å². The summed E-state index contributed by atoms with van der Waals surface area (Å²) in [6, 6.07) is 5.91. The smallest absolute Gasteiger partial charge is 0.243 e. The molecule has 0 aliphatic rings. The van der Waals surface area contributed by atoms with Gasteiger partial charge in [0.25, 0.3) is 0 Å². The molecule has 0 fully saturated rings. The summed E-state index contributed by atoms with van der Waals surface area (Å²) in [5.41, 5.74) is 6.04. The molecule has 1 aromatic rings. The highest BCUT2D eigenvalue weighted by Crippen LogP contribution is 2.15. The number of likely N-dealkylation sites (N-methyl/N-ethyl adjacent to an activating group) is 2. The lowest BCUT2D eigenvalue weighted by Gasteiger charge is -2.19. The lowest BCUT2D eigenvalue weighted by Crippen LogP contribution is -2.37. The number of hydrogen-bond acceptors (Lipinski definition) is 4. The second-order valence-corrected chi connectivity index (χ2v) is 6.92. The lowest BCUT2D eigenvalue weighted by atomic mass is 10.2. The predicted molar refractivity (Wildman–Crippen MR) is 80.8 cm³/mol. The van der Waals surface area contributed by atoms with Gasteiger partial charge < -0.3 is 10.6 Å². The molecule has 8 heteroatoms. The Kier molecular flexibility index (Phi) is 5.21. The minimum Gasteiger partial charge on any atom is -0.389 e. The van der Waals surface area contributed by atoms with Crippen molar-refractivity contribution in [1.29, 1.82) is 0 Å². The van der Waals surface area contributed by atoms with E-state index in [0.717, 1.165) is 4.31 Å². The molecule has 0 aliphatic heterocycles. The molecule has 0 unspecified atom stereocenters. The van der Waals surface area contributed by atoms with E-state index in [2.05, 4.69) is 0 Å². The van der Waals surface area contributed by atoms with E-state index in [1.54, 1.807) is 14.1 Å². The zero-order valence-electron chi connectivity index (χ0n) is 11.5. The number of nitrogens with two attached hydrogens (primary N) is 1. The third-order valence-corrected chi connectivity index (χ3v) is 4.76. The first-order valence-corrected chi connectivity index (χ1v) is 7.57. The van der Waals surface area contributed by atoms with E-state index in [1.807, 2.05) is 0 Å². The Bertz CT molecular complexity index is 609. The minimum atomic E-state index is -3.71. The Hall–Kier alpha value is -1.51. The van der Waals surface area contributed by atoms with Crippen LogP contribution in [0.5, 0.6) is 0 Å². The SMILES string of the molecule is CN(C)C(=O)CN(C)S(=O)(=O)c1ccc(C(N)=S)cc1. The van der Waals surface area contributed by atoms with Gasteiger partial charge in [-0.15, -0.1) is 0 Å². The van der Waals surface area contributed by atoms with Crippen molar-refractivity contribution in [2.45, 2.75) is 4.90 Å². The Morgan fingerprint density at radius 2 is 1.70 bits per heavy atom. The van der Waals surface area contributed by atoms with Crippen LogP contribution in [0.4, 0.5) is 0 Å². The molecular formula is C12H17N3O3S2. The van der Waals surface area contributed by atoms with E-state index in [4.69, 9.17) is 18.0 Å². The predicted octanol–water partition coefficient (Wildman–Crippen LogP) is 0.0295. The Morgan fingerprint density at radius 1 is 1.20 bits per heavy atom. The van der Waals surface area contributed by atoms with E-state index < -0.39 is 10.0 Å². The van der Waals surface area contributed by atoms with Crippen LogP contribution in [-0.4, -0.2) is 56.2 Å². The second-order valence-electron chi connectivity index (χ2n) is 4.44. The molecule has 1 amide bonds. The molecule has 0 atom stereocenters. The van der Waals surface area contributed by atoms with Gasteiger partial charge in [-0.3, -0.25) is 4.79 Å². The van der Waals surface area contributed by atoms with Crippen molar-refractivity contribution in [2.75, 3.05) is 27.7 Å². The average Bonchev–Trinajstić information content (AvgIpc) is 2.38. The molecule has 2 N–H and O–H groups in total. The van der Waals surface area contributed by atoms with Gasteiger partial charge in [0.1, 0.15) is 4.99 Å². The number of rotatable bonds is 5. The number of carbonyl (C=O) groups excluding carboxylic acids is 1. The number of nitrogens with zero attached hydrogens (tertiary/aromatic N) is 2. The maximum absolute atomic E-state index is 12.3. The molecule has 0 aromatic heterocycles. The summed E-state index contributed by atoms with van der Waals surface area (Å²) in [6.45, 7) is -0.216. The molecular weight excluding hydrogens is 298 g/mol. The summed E-state index contributed by atoms with van der Waals surface area (Å²) in [7, 11) is 0.790. The van der Waals surface area contributed by atoms with Crippen molar-refractivity contribution in [2.24, 2.45) is 5.73 Å². The Morgan fingerprint density at radius 3 is 2.10 bits per heavy atom. The Balaban J connectivity index is 2.98. The first-order chi connectivity index (χ1) is 9.16. The largest absolute Gasteiger partial charge is 0.389 e. The molecule has 20 heavy (non-hydrogen) atoms. The standard InChI is InChI=1S/C12H17N3O3S2/c1-14(2)11(16)8-15(3)20(17,18)10-6-4-9(5-7-10)12(13)19/h4-7H,8H2,1-3H3,(H2,13,19). The molecule has 0 radical (unpaired) electrons.